The van der Waals surface area contributed by atoms with Gasteiger partial charge >= 0.3 is 0 Å². The molecule has 2 N–H and O–H groups in total. The smallest absolute Gasteiger partial charge is 0.265 e. The van der Waals surface area contributed by atoms with Gasteiger partial charge in [0.05, 0.1) is 18.5 Å². The number of ether oxygens (including phenoxy) is 1. The predicted octanol–water partition coefficient (Wildman–Crippen LogP) is 3.91. The van der Waals surface area contributed by atoms with Crippen molar-refractivity contribution in [1.29, 1.82) is 0 Å². The highest BCUT2D eigenvalue weighted by molar-refractivity contribution is 7.92. The molecule has 2 heterocycles. The van der Waals surface area contributed by atoms with Gasteiger partial charge in [-0.3, -0.25) is 14.3 Å². The molecule has 0 fully saturated rings. The third kappa shape index (κ3) is 4.16. The summed E-state index contributed by atoms with van der Waals surface area (Å²) in [5.74, 6) is -0.181. The third-order valence-electron chi connectivity index (χ3n) is 5.94. The second-order valence-corrected chi connectivity index (χ2v) is 9.75. The number of aryl methyl sites for hydroxylation is 2. The Hall–Kier alpha value is -3.66. The van der Waals surface area contributed by atoms with Gasteiger partial charge in [-0.05, 0) is 55.2 Å². The Kier molecular flexibility index (Phi) is 6.18. The highest BCUT2D eigenvalue weighted by Crippen LogP contribution is 2.38. The first-order valence-corrected chi connectivity index (χ1v) is 12.4. The molecule has 0 radical (unpaired) electrons. The molecule has 1 aromatic heterocycles. The van der Waals surface area contributed by atoms with Crippen molar-refractivity contribution in [2.24, 2.45) is 0 Å². The lowest BCUT2D eigenvalue weighted by molar-refractivity contribution is -0.116. The molecule has 0 spiro atoms. The largest absolute Gasteiger partial charge is 0.495 e. The minimum Gasteiger partial charge on any atom is -0.495 e. The summed E-state index contributed by atoms with van der Waals surface area (Å²) in [5.41, 5.74) is 3.82. The fourth-order valence-corrected chi connectivity index (χ4v) is 5.25. The lowest BCUT2D eigenvalue weighted by Crippen LogP contribution is -2.15. The highest BCUT2D eigenvalue weighted by atomic mass is 32.2. The Bertz CT molecular complexity index is 1410. The lowest BCUT2D eigenvalue weighted by atomic mass is 10.0. The van der Waals surface area contributed by atoms with Crippen molar-refractivity contribution >= 4 is 33.3 Å². The number of nitrogens with zero attached hydrogens (tertiary/aromatic N) is 2. The van der Waals surface area contributed by atoms with Crippen LogP contribution in [0, 0.1) is 13.8 Å². The van der Waals surface area contributed by atoms with Crippen LogP contribution in [0.4, 0.5) is 11.5 Å². The van der Waals surface area contributed by atoms with Gasteiger partial charge in [-0.1, -0.05) is 25.1 Å². The zero-order chi connectivity index (χ0) is 24.6. The molecule has 0 atom stereocenters. The summed E-state index contributed by atoms with van der Waals surface area (Å²) in [6.07, 6.45) is 0.587. The third-order valence-corrected chi connectivity index (χ3v) is 7.33. The maximum Gasteiger partial charge on any atom is 0.265 e. The number of hydrogen-bond acceptors (Lipinski definition) is 6. The highest BCUT2D eigenvalue weighted by Gasteiger charge is 2.29. The molecule has 9 nitrogen and oxygen atoms in total. The van der Waals surface area contributed by atoms with Crippen LogP contribution >= 0.6 is 0 Å². The van der Waals surface area contributed by atoms with E-state index in [-0.39, 0.29) is 41.1 Å². The minimum absolute atomic E-state index is 0.0467. The molecule has 3 aromatic rings. The molecule has 1 amide bonds. The van der Waals surface area contributed by atoms with Gasteiger partial charge in [-0.15, -0.1) is 0 Å². The van der Waals surface area contributed by atoms with Gasteiger partial charge in [0.2, 0.25) is 11.8 Å². The number of sulfonamides is 1. The van der Waals surface area contributed by atoms with Crippen molar-refractivity contribution in [3.63, 3.8) is 0 Å². The molecule has 10 heteroatoms. The molecule has 0 aliphatic carbocycles. The quantitative estimate of drug-likeness (QED) is 0.550. The van der Waals surface area contributed by atoms with Crippen LogP contribution in [0.1, 0.15) is 41.4 Å². The Morgan fingerprint density at radius 2 is 1.91 bits per heavy atom. The van der Waals surface area contributed by atoms with Gasteiger partial charge in [-0.25, -0.2) is 8.42 Å². The number of nitrogens with one attached hydrogen (secondary N) is 2. The number of aromatic nitrogens is 2. The van der Waals surface area contributed by atoms with Crippen molar-refractivity contribution in [1.82, 2.24) is 9.78 Å². The molecular formula is C24H26N4O5S. The van der Waals surface area contributed by atoms with Gasteiger partial charge in [0.25, 0.3) is 10.0 Å². The fourth-order valence-electron chi connectivity index (χ4n) is 3.93. The SMILES string of the molecule is CCc1nn2c(c1-c1ccc(OC)c(S(=O)(=O)Nc3cccc(C)c3C)c1)NC(=O)CCC2=O. The van der Waals surface area contributed by atoms with E-state index in [9.17, 15) is 18.0 Å². The molecule has 2 aromatic carbocycles. The normalized spacial score (nSPS) is 13.8. The van der Waals surface area contributed by atoms with Gasteiger partial charge < -0.3 is 10.1 Å². The van der Waals surface area contributed by atoms with E-state index in [1.807, 2.05) is 26.8 Å². The molecule has 34 heavy (non-hydrogen) atoms. The summed E-state index contributed by atoms with van der Waals surface area (Å²) in [7, 11) is -2.64. The van der Waals surface area contributed by atoms with Gasteiger partial charge in [0, 0.05) is 18.4 Å². The summed E-state index contributed by atoms with van der Waals surface area (Å²) in [5, 5.41) is 7.16. The van der Waals surface area contributed by atoms with Crippen molar-refractivity contribution in [3.05, 3.63) is 53.2 Å². The second-order valence-electron chi connectivity index (χ2n) is 8.10. The molecule has 0 unspecified atom stereocenters. The topological polar surface area (TPSA) is 119 Å². The Labute approximate surface area is 198 Å². The van der Waals surface area contributed by atoms with Crippen molar-refractivity contribution < 1.29 is 22.7 Å². The number of carbonyl (C=O) groups is 2. The summed E-state index contributed by atoms with van der Waals surface area (Å²) in [4.78, 5) is 24.7. The molecule has 4 rings (SSSR count). The maximum atomic E-state index is 13.4. The number of amides is 1. The van der Waals surface area contributed by atoms with Crippen LogP contribution < -0.4 is 14.8 Å². The molecule has 178 valence electrons. The number of carbonyl (C=O) groups excluding carboxylic acids is 2. The van der Waals surface area contributed by atoms with E-state index in [1.54, 1.807) is 24.3 Å². The van der Waals surface area contributed by atoms with Crippen LogP contribution in [-0.2, 0) is 21.2 Å². The predicted molar refractivity (Wildman–Crippen MR) is 129 cm³/mol. The molecule has 1 aliphatic rings. The standard InChI is InChI=1S/C24H26N4O5S/c1-5-17-23(24-25-21(29)11-12-22(30)28(24)26-17)16-9-10-19(33-4)20(13-16)34(31,32)27-18-8-6-7-14(2)15(18)3/h6-10,13,27H,5,11-12H2,1-4H3,(H,25,29). The van der Waals surface area contributed by atoms with Gasteiger partial charge in [-0.2, -0.15) is 9.78 Å². The van der Waals surface area contributed by atoms with Crippen LogP contribution in [-0.4, -0.2) is 37.1 Å². The maximum absolute atomic E-state index is 13.4. The van der Waals surface area contributed by atoms with E-state index in [0.717, 1.165) is 11.1 Å². The van der Waals surface area contributed by atoms with Crippen LogP contribution in [0.25, 0.3) is 11.1 Å². The molecule has 0 saturated heterocycles. The summed E-state index contributed by atoms with van der Waals surface area (Å²) < 4.78 is 36.1. The van der Waals surface area contributed by atoms with Gasteiger partial charge in [0.15, 0.2) is 0 Å². The van der Waals surface area contributed by atoms with Crippen LogP contribution in [0.3, 0.4) is 0 Å². The van der Waals surface area contributed by atoms with Crippen molar-refractivity contribution in [2.45, 2.75) is 44.9 Å². The van der Waals surface area contributed by atoms with E-state index in [1.165, 1.54) is 17.9 Å². The van der Waals surface area contributed by atoms with E-state index in [0.29, 0.717) is 28.9 Å². The van der Waals surface area contributed by atoms with Crippen molar-refractivity contribution in [2.75, 3.05) is 17.1 Å². The summed E-state index contributed by atoms with van der Waals surface area (Å²) in [6, 6.07) is 10.1. The minimum atomic E-state index is -4.03. The van der Waals surface area contributed by atoms with E-state index in [4.69, 9.17) is 4.74 Å². The van der Waals surface area contributed by atoms with Gasteiger partial charge in [0.1, 0.15) is 16.5 Å². The van der Waals surface area contributed by atoms with E-state index < -0.39 is 10.0 Å². The zero-order valence-electron chi connectivity index (χ0n) is 19.4. The first kappa shape index (κ1) is 23.5. The second kappa shape index (κ2) is 8.94. The molecule has 1 aliphatic heterocycles. The molecular weight excluding hydrogens is 456 g/mol. The number of fused-ring (bicyclic) bond motifs is 1. The van der Waals surface area contributed by atoms with E-state index >= 15 is 0 Å². The lowest BCUT2D eigenvalue weighted by Gasteiger charge is -2.16. The summed E-state index contributed by atoms with van der Waals surface area (Å²) >= 11 is 0. The zero-order valence-corrected chi connectivity index (χ0v) is 20.2. The monoisotopic (exact) mass is 482 g/mol. The molecule has 0 bridgehead atoms. The number of methoxy groups -OCH3 is 1. The number of anilines is 2. The fraction of sp³-hybridized carbons (Fsp3) is 0.292. The van der Waals surface area contributed by atoms with Crippen LogP contribution in [0.15, 0.2) is 41.3 Å². The summed E-state index contributed by atoms with van der Waals surface area (Å²) in [6.45, 7) is 5.62. The first-order chi connectivity index (χ1) is 16.2. The number of benzene rings is 2. The first-order valence-electron chi connectivity index (χ1n) is 10.9. The van der Waals surface area contributed by atoms with E-state index in [2.05, 4.69) is 15.1 Å². The Morgan fingerprint density at radius 3 is 2.62 bits per heavy atom. The van der Waals surface area contributed by atoms with Crippen molar-refractivity contribution in [3.8, 4) is 16.9 Å². The van der Waals surface area contributed by atoms with Crippen LogP contribution in [0.2, 0.25) is 0 Å². The Morgan fingerprint density at radius 1 is 1.15 bits per heavy atom. The average Bonchev–Trinajstić information content (AvgIpc) is 3.11. The molecule has 0 saturated carbocycles. The average molecular weight is 483 g/mol. The number of hydrogen-bond donors (Lipinski definition) is 2. The van der Waals surface area contributed by atoms with Crippen LogP contribution in [0.5, 0.6) is 5.75 Å². The number of rotatable bonds is 6. The Balaban J connectivity index is 1.87.